The van der Waals surface area contributed by atoms with Gasteiger partial charge in [0.25, 0.3) is 0 Å². The molecule has 0 bridgehead atoms. The molecule has 1 unspecified atom stereocenters. The number of unbranched alkanes of at least 4 members (excludes halogenated alkanes) is 29. The zero-order chi connectivity index (χ0) is 41.9. The number of esters is 1. The van der Waals surface area contributed by atoms with Crippen LogP contribution in [0.5, 0.6) is 0 Å². The number of hydrogen-bond donors (Lipinski definition) is 1. The molecule has 0 spiro atoms. The molecule has 0 heterocycles. The summed E-state index contributed by atoms with van der Waals surface area (Å²) < 4.78 is 11.2. The number of carbonyl (C=O) groups excluding carboxylic acids is 1. The van der Waals surface area contributed by atoms with Crippen LogP contribution in [0.1, 0.15) is 251 Å². The number of aliphatic hydroxyl groups is 1. The van der Waals surface area contributed by atoms with Crippen LogP contribution in [-0.4, -0.2) is 37.0 Å². The van der Waals surface area contributed by atoms with E-state index in [2.05, 4.69) is 74.6 Å². The average Bonchev–Trinajstić information content (AvgIpc) is 3.23. The van der Waals surface area contributed by atoms with Gasteiger partial charge in [0.05, 0.1) is 13.2 Å². The zero-order valence-electron chi connectivity index (χ0n) is 38.8. The number of carbonyl (C=O) groups is 1. The number of ether oxygens (including phenoxy) is 2. The van der Waals surface area contributed by atoms with E-state index in [0.29, 0.717) is 13.0 Å². The number of rotatable bonds is 47. The normalized spacial score (nSPS) is 12.8. The topological polar surface area (TPSA) is 55.8 Å². The lowest BCUT2D eigenvalue weighted by Gasteiger charge is -2.15. The third-order valence-corrected chi connectivity index (χ3v) is 11.1. The van der Waals surface area contributed by atoms with Crippen LogP contribution in [0.25, 0.3) is 0 Å². The van der Waals surface area contributed by atoms with Crippen LogP contribution in [0.4, 0.5) is 0 Å². The molecule has 0 rings (SSSR count). The third kappa shape index (κ3) is 48.5. The van der Waals surface area contributed by atoms with Gasteiger partial charge in [-0.2, -0.15) is 0 Å². The molecule has 0 aromatic rings. The molecule has 0 saturated carbocycles. The summed E-state index contributed by atoms with van der Waals surface area (Å²) in [6.07, 6.45) is 68.9. The highest BCUT2D eigenvalue weighted by Crippen LogP contribution is 2.16. The molecule has 0 aliphatic heterocycles. The molecule has 4 nitrogen and oxygen atoms in total. The first kappa shape index (κ1) is 56.1. The lowest BCUT2D eigenvalue weighted by Crippen LogP contribution is -2.27. The largest absolute Gasteiger partial charge is 0.457 e. The molecule has 0 saturated heterocycles. The summed E-state index contributed by atoms with van der Waals surface area (Å²) in [7, 11) is 0. The summed E-state index contributed by atoms with van der Waals surface area (Å²) in [5, 5.41) is 9.65. The summed E-state index contributed by atoms with van der Waals surface area (Å²) in [4.78, 5) is 12.3. The predicted molar refractivity (Wildman–Crippen MR) is 256 cm³/mol. The SMILES string of the molecule is CC/C=C\C/C=C\C/C=C\C/C=C\C/C=C\CCCCCCCC(=O)OC(CO)COCCCCCCCCCCCCCCCCCCCCCCCCCCC. The highest BCUT2D eigenvalue weighted by Gasteiger charge is 2.13. The maximum absolute atomic E-state index is 12.3. The van der Waals surface area contributed by atoms with E-state index in [1.165, 1.54) is 167 Å². The van der Waals surface area contributed by atoms with Crippen molar-refractivity contribution in [2.45, 2.75) is 258 Å². The van der Waals surface area contributed by atoms with Gasteiger partial charge in [0, 0.05) is 13.0 Å². The van der Waals surface area contributed by atoms with Gasteiger partial charge in [0.15, 0.2) is 0 Å². The Morgan fingerprint density at radius 3 is 1.17 bits per heavy atom. The molecule has 0 aliphatic rings. The van der Waals surface area contributed by atoms with Crippen LogP contribution < -0.4 is 0 Å². The van der Waals surface area contributed by atoms with E-state index in [9.17, 15) is 9.90 Å². The third-order valence-electron chi connectivity index (χ3n) is 11.1. The zero-order valence-corrected chi connectivity index (χ0v) is 38.8. The predicted octanol–water partition coefficient (Wildman–Crippen LogP) is 17.2. The van der Waals surface area contributed by atoms with Crippen LogP contribution in [0.2, 0.25) is 0 Å². The standard InChI is InChI=1S/C54H98O4/c1-3-5-7-9-11-13-15-17-19-21-23-25-26-27-28-30-32-34-36-38-40-42-44-46-48-50-57-52-53(51-55)58-54(56)49-47-45-43-41-39-37-35-33-31-29-24-22-20-18-16-14-12-10-8-6-4-2/h6,8,12,14,18,20,24,29,33,35,53,55H,3-5,7,9-11,13,15-17,19,21-23,25-28,30-32,34,36-52H2,1-2H3/b8-6-,14-12-,20-18-,29-24-,35-33-. The molecule has 0 aromatic carbocycles. The van der Waals surface area contributed by atoms with Crippen molar-refractivity contribution in [3.8, 4) is 0 Å². The van der Waals surface area contributed by atoms with E-state index in [0.717, 1.165) is 64.2 Å². The van der Waals surface area contributed by atoms with E-state index < -0.39 is 6.10 Å². The van der Waals surface area contributed by atoms with E-state index in [4.69, 9.17) is 9.47 Å². The van der Waals surface area contributed by atoms with Crippen molar-refractivity contribution in [1.29, 1.82) is 0 Å². The quantitative estimate of drug-likeness (QED) is 0.0378. The summed E-state index contributed by atoms with van der Waals surface area (Å²) in [5.41, 5.74) is 0. The first-order valence-corrected chi connectivity index (χ1v) is 25.4. The summed E-state index contributed by atoms with van der Waals surface area (Å²) >= 11 is 0. The van der Waals surface area contributed by atoms with Crippen molar-refractivity contribution < 1.29 is 19.4 Å². The molecule has 0 fully saturated rings. The lowest BCUT2D eigenvalue weighted by atomic mass is 10.0. The Morgan fingerprint density at radius 2 is 0.776 bits per heavy atom. The maximum Gasteiger partial charge on any atom is 0.306 e. The molecule has 0 aliphatic carbocycles. The van der Waals surface area contributed by atoms with Crippen LogP contribution in [0.3, 0.4) is 0 Å². The Hall–Kier alpha value is -1.91. The molecule has 1 atom stereocenters. The molecular weight excluding hydrogens is 713 g/mol. The first-order valence-electron chi connectivity index (χ1n) is 25.4. The minimum Gasteiger partial charge on any atom is -0.457 e. The van der Waals surface area contributed by atoms with E-state index in [-0.39, 0.29) is 19.2 Å². The van der Waals surface area contributed by atoms with Gasteiger partial charge in [-0.1, -0.05) is 248 Å². The second-order valence-electron chi connectivity index (χ2n) is 16.9. The molecule has 0 amide bonds. The Labute approximate surface area is 362 Å². The fourth-order valence-corrected chi connectivity index (χ4v) is 7.36. The minimum absolute atomic E-state index is 0.180. The summed E-state index contributed by atoms with van der Waals surface area (Å²) in [6, 6.07) is 0. The molecule has 1 N–H and O–H groups in total. The van der Waals surface area contributed by atoms with E-state index in [1.54, 1.807) is 0 Å². The van der Waals surface area contributed by atoms with E-state index >= 15 is 0 Å². The van der Waals surface area contributed by atoms with Gasteiger partial charge in [0.2, 0.25) is 0 Å². The van der Waals surface area contributed by atoms with Crippen LogP contribution in [0.15, 0.2) is 60.8 Å². The van der Waals surface area contributed by atoms with Crippen molar-refractivity contribution >= 4 is 5.97 Å². The van der Waals surface area contributed by atoms with Crippen LogP contribution in [-0.2, 0) is 14.3 Å². The fraction of sp³-hybridized carbons (Fsp3) is 0.796. The number of allylic oxidation sites excluding steroid dienone is 10. The highest BCUT2D eigenvalue weighted by molar-refractivity contribution is 5.69. The van der Waals surface area contributed by atoms with Gasteiger partial charge in [-0.3, -0.25) is 4.79 Å². The van der Waals surface area contributed by atoms with Crippen molar-refractivity contribution in [3.05, 3.63) is 60.8 Å². The van der Waals surface area contributed by atoms with Crippen molar-refractivity contribution in [1.82, 2.24) is 0 Å². The second kappa shape index (κ2) is 51.2. The number of aliphatic hydroxyl groups excluding tert-OH is 1. The first-order chi connectivity index (χ1) is 28.7. The maximum atomic E-state index is 12.3. The monoisotopic (exact) mass is 811 g/mol. The van der Waals surface area contributed by atoms with Gasteiger partial charge in [-0.05, 0) is 57.8 Å². The van der Waals surface area contributed by atoms with Crippen LogP contribution >= 0.6 is 0 Å². The molecule has 0 aromatic heterocycles. The Kier molecular flexibility index (Phi) is 49.5. The second-order valence-corrected chi connectivity index (χ2v) is 16.9. The minimum atomic E-state index is -0.546. The van der Waals surface area contributed by atoms with Crippen molar-refractivity contribution in [3.63, 3.8) is 0 Å². The Morgan fingerprint density at radius 1 is 0.431 bits per heavy atom. The fourth-order valence-electron chi connectivity index (χ4n) is 7.36. The number of hydrogen-bond acceptors (Lipinski definition) is 4. The molecule has 4 heteroatoms. The van der Waals surface area contributed by atoms with Crippen LogP contribution in [0, 0.1) is 0 Å². The molecular formula is C54H98O4. The van der Waals surface area contributed by atoms with Gasteiger partial charge in [0.1, 0.15) is 6.10 Å². The highest BCUT2D eigenvalue weighted by atomic mass is 16.6. The summed E-state index contributed by atoms with van der Waals surface area (Å²) in [6.45, 7) is 5.24. The summed E-state index contributed by atoms with van der Waals surface area (Å²) in [5.74, 6) is -0.216. The van der Waals surface area contributed by atoms with Gasteiger partial charge >= 0.3 is 5.97 Å². The average molecular weight is 811 g/mol. The van der Waals surface area contributed by atoms with E-state index in [1.807, 2.05) is 0 Å². The van der Waals surface area contributed by atoms with Gasteiger partial charge in [-0.25, -0.2) is 0 Å². The molecule has 338 valence electrons. The van der Waals surface area contributed by atoms with Gasteiger partial charge in [-0.15, -0.1) is 0 Å². The van der Waals surface area contributed by atoms with Gasteiger partial charge < -0.3 is 14.6 Å². The lowest BCUT2D eigenvalue weighted by molar-refractivity contribution is -0.154. The molecule has 0 radical (unpaired) electrons. The smallest absolute Gasteiger partial charge is 0.306 e. The van der Waals surface area contributed by atoms with Crippen molar-refractivity contribution in [2.75, 3.05) is 19.8 Å². The Bertz CT molecular complexity index is 947. The van der Waals surface area contributed by atoms with Crippen molar-refractivity contribution in [2.24, 2.45) is 0 Å². The molecule has 58 heavy (non-hydrogen) atoms. The Balaban J connectivity index is 3.42.